The van der Waals surface area contributed by atoms with Crippen LogP contribution in [0.3, 0.4) is 0 Å². The molecule has 0 bridgehead atoms. The SMILES string of the molecule is C=COC(=O)/C=C(/ON=C(N)C1(OCCO)CCOC1)C(=O)OCC. The van der Waals surface area contributed by atoms with Crippen LogP contribution >= 0.6 is 0 Å². The zero-order valence-corrected chi connectivity index (χ0v) is 13.9. The maximum atomic E-state index is 11.8. The van der Waals surface area contributed by atoms with E-state index in [-0.39, 0.29) is 32.3 Å². The molecule has 1 heterocycles. The molecule has 3 N–H and O–H groups in total. The second kappa shape index (κ2) is 10.4. The predicted molar refractivity (Wildman–Crippen MR) is 84.9 cm³/mol. The van der Waals surface area contributed by atoms with Crippen molar-refractivity contribution >= 4 is 17.8 Å². The Bertz CT molecular complexity index is 538. The molecule has 1 atom stereocenters. The number of rotatable bonds is 10. The normalized spacial score (nSPS) is 20.9. The van der Waals surface area contributed by atoms with Crippen molar-refractivity contribution in [1.29, 1.82) is 0 Å². The summed E-state index contributed by atoms with van der Waals surface area (Å²) in [6.07, 6.45) is 2.04. The molecule has 0 aromatic carbocycles. The maximum Gasteiger partial charge on any atom is 0.377 e. The number of hydrogen-bond donors (Lipinski definition) is 2. The second-order valence-electron chi connectivity index (χ2n) is 4.77. The Hall–Kier alpha value is -2.43. The number of amidine groups is 1. The highest BCUT2D eigenvalue weighted by Crippen LogP contribution is 2.24. The molecule has 0 radical (unpaired) electrons. The average molecular weight is 358 g/mol. The number of nitrogens with two attached hydrogens (primary N) is 1. The molecule has 140 valence electrons. The van der Waals surface area contributed by atoms with E-state index < -0.39 is 23.3 Å². The van der Waals surface area contributed by atoms with Crippen molar-refractivity contribution < 1.29 is 38.5 Å². The summed E-state index contributed by atoms with van der Waals surface area (Å²) in [6.45, 7) is 5.18. The van der Waals surface area contributed by atoms with Gasteiger partial charge in [-0.15, -0.1) is 0 Å². The minimum absolute atomic E-state index is 0.0197. The molecule has 1 rings (SSSR count). The first kappa shape index (κ1) is 20.6. The molecule has 0 spiro atoms. The third-order valence-electron chi connectivity index (χ3n) is 3.09. The molecule has 0 aromatic heterocycles. The van der Waals surface area contributed by atoms with Crippen molar-refractivity contribution in [3.8, 4) is 0 Å². The molecule has 1 aliphatic heterocycles. The van der Waals surface area contributed by atoms with Gasteiger partial charge in [-0.05, 0) is 6.92 Å². The Labute approximate surface area is 144 Å². The third-order valence-corrected chi connectivity index (χ3v) is 3.09. The summed E-state index contributed by atoms with van der Waals surface area (Å²) in [7, 11) is 0. The van der Waals surface area contributed by atoms with Gasteiger partial charge in [0.2, 0.25) is 5.76 Å². The largest absolute Gasteiger partial charge is 0.460 e. The van der Waals surface area contributed by atoms with Crippen LogP contribution in [-0.2, 0) is 33.4 Å². The van der Waals surface area contributed by atoms with Gasteiger partial charge < -0.3 is 34.6 Å². The molecule has 1 saturated heterocycles. The molecular formula is C15H22N2O8. The lowest BCUT2D eigenvalue weighted by molar-refractivity contribution is -0.143. The van der Waals surface area contributed by atoms with Gasteiger partial charge >= 0.3 is 11.9 Å². The number of carbonyl (C=O) groups excluding carboxylic acids is 2. The minimum Gasteiger partial charge on any atom is -0.460 e. The number of hydrogen-bond acceptors (Lipinski definition) is 9. The fourth-order valence-electron chi connectivity index (χ4n) is 1.91. The van der Waals surface area contributed by atoms with Gasteiger partial charge in [-0.3, -0.25) is 0 Å². The van der Waals surface area contributed by atoms with Crippen molar-refractivity contribution in [1.82, 2.24) is 0 Å². The fourth-order valence-corrected chi connectivity index (χ4v) is 1.91. The highest BCUT2D eigenvalue weighted by Gasteiger charge is 2.41. The summed E-state index contributed by atoms with van der Waals surface area (Å²) >= 11 is 0. The van der Waals surface area contributed by atoms with Crippen LogP contribution in [-0.4, -0.2) is 61.5 Å². The molecule has 10 heteroatoms. The molecule has 1 unspecified atom stereocenters. The molecule has 0 aromatic rings. The van der Waals surface area contributed by atoms with Crippen LogP contribution in [0.2, 0.25) is 0 Å². The van der Waals surface area contributed by atoms with Crippen LogP contribution < -0.4 is 5.73 Å². The summed E-state index contributed by atoms with van der Waals surface area (Å²) in [5, 5.41) is 12.6. The Kier molecular flexibility index (Phi) is 8.61. The Morgan fingerprint density at radius 2 is 2.24 bits per heavy atom. The van der Waals surface area contributed by atoms with Crippen molar-refractivity contribution in [3.05, 3.63) is 24.7 Å². The fraction of sp³-hybridized carbons (Fsp3) is 0.533. The van der Waals surface area contributed by atoms with Crippen LogP contribution in [0.15, 0.2) is 29.8 Å². The van der Waals surface area contributed by atoms with Crippen LogP contribution in [0.1, 0.15) is 13.3 Å². The number of oxime groups is 1. The number of carbonyl (C=O) groups is 2. The lowest BCUT2D eigenvalue weighted by Gasteiger charge is -2.26. The van der Waals surface area contributed by atoms with E-state index in [9.17, 15) is 9.59 Å². The summed E-state index contributed by atoms with van der Waals surface area (Å²) in [4.78, 5) is 28.2. The summed E-state index contributed by atoms with van der Waals surface area (Å²) < 4.78 is 20.0. The van der Waals surface area contributed by atoms with Gasteiger partial charge in [-0.1, -0.05) is 11.7 Å². The van der Waals surface area contributed by atoms with Gasteiger partial charge in [0.05, 0.1) is 45.4 Å². The number of ether oxygens (including phenoxy) is 4. The topological polar surface area (TPSA) is 139 Å². The van der Waals surface area contributed by atoms with E-state index >= 15 is 0 Å². The maximum absolute atomic E-state index is 11.8. The number of aliphatic hydroxyl groups is 1. The van der Waals surface area contributed by atoms with Crippen LogP contribution in [0, 0.1) is 0 Å². The first-order valence-corrected chi connectivity index (χ1v) is 7.53. The van der Waals surface area contributed by atoms with Gasteiger partial charge in [0.15, 0.2) is 11.4 Å². The third kappa shape index (κ3) is 6.18. The highest BCUT2D eigenvalue weighted by atomic mass is 16.7. The van der Waals surface area contributed by atoms with Crippen LogP contribution in [0.5, 0.6) is 0 Å². The van der Waals surface area contributed by atoms with Crippen LogP contribution in [0.4, 0.5) is 0 Å². The van der Waals surface area contributed by atoms with Gasteiger partial charge in [-0.25, -0.2) is 9.59 Å². The first-order chi connectivity index (χ1) is 12.0. The van der Waals surface area contributed by atoms with E-state index in [1.165, 1.54) is 0 Å². The first-order valence-electron chi connectivity index (χ1n) is 7.53. The second-order valence-corrected chi connectivity index (χ2v) is 4.77. The predicted octanol–water partition coefficient (Wildman–Crippen LogP) is -0.423. The van der Waals surface area contributed by atoms with Crippen molar-refractivity contribution in [2.75, 3.05) is 33.0 Å². The molecule has 10 nitrogen and oxygen atoms in total. The van der Waals surface area contributed by atoms with Gasteiger partial charge in [0, 0.05) is 6.42 Å². The Morgan fingerprint density at radius 3 is 2.80 bits per heavy atom. The van der Waals surface area contributed by atoms with Gasteiger partial charge in [-0.2, -0.15) is 0 Å². The number of esters is 2. The lowest BCUT2D eigenvalue weighted by atomic mass is 10.0. The summed E-state index contributed by atoms with van der Waals surface area (Å²) in [5.41, 5.74) is 4.81. The van der Waals surface area contributed by atoms with E-state index in [2.05, 4.69) is 16.5 Å². The quantitative estimate of drug-likeness (QED) is 0.133. The number of aliphatic hydroxyl groups excluding tert-OH is 1. The minimum atomic E-state index is -1.08. The van der Waals surface area contributed by atoms with Crippen molar-refractivity contribution in [2.45, 2.75) is 18.9 Å². The molecule has 0 aliphatic carbocycles. The van der Waals surface area contributed by atoms with E-state index in [4.69, 9.17) is 29.9 Å². The summed E-state index contributed by atoms with van der Waals surface area (Å²) in [5.74, 6) is -2.45. The van der Waals surface area contributed by atoms with E-state index in [0.717, 1.165) is 12.3 Å². The van der Waals surface area contributed by atoms with E-state index in [1.807, 2.05) is 0 Å². The Balaban J connectivity index is 2.94. The average Bonchev–Trinajstić information content (AvgIpc) is 3.07. The molecular weight excluding hydrogens is 336 g/mol. The molecule has 0 saturated carbocycles. The zero-order valence-electron chi connectivity index (χ0n) is 13.9. The van der Waals surface area contributed by atoms with Crippen LogP contribution in [0.25, 0.3) is 0 Å². The standard InChI is InChI=1S/C15H22N2O8/c1-3-22-12(19)9-11(13(20)23-4-2)25-17-14(16)15(24-8-6-18)5-7-21-10-15/h3,9,18H,1,4-8,10H2,2H3,(H2,16,17)/b11-9+. The van der Waals surface area contributed by atoms with E-state index in [1.54, 1.807) is 6.92 Å². The monoisotopic (exact) mass is 358 g/mol. The van der Waals surface area contributed by atoms with Gasteiger partial charge in [0.1, 0.15) is 0 Å². The van der Waals surface area contributed by atoms with Gasteiger partial charge in [0.25, 0.3) is 0 Å². The molecule has 25 heavy (non-hydrogen) atoms. The zero-order chi connectivity index (χ0) is 18.7. The summed E-state index contributed by atoms with van der Waals surface area (Å²) in [6, 6.07) is 0. The molecule has 1 fully saturated rings. The highest BCUT2D eigenvalue weighted by molar-refractivity contribution is 5.95. The lowest BCUT2D eigenvalue weighted by Crippen LogP contribution is -2.47. The van der Waals surface area contributed by atoms with Crippen molar-refractivity contribution in [2.24, 2.45) is 10.9 Å². The molecule has 0 amide bonds. The van der Waals surface area contributed by atoms with E-state index in [0.29, 0.717) is 13.0 Å². The smallest absolute Gasteiger partial charge is 0.377 e. The Morgan fingerprint density at radius 1 is 1.48 bits per heavy atom. The molecule has 1 aliphatic rings. The number of nitrogens with zero attached hydrogens (tertiary/aromatic N) is 1. The van der Waals surface area contributed by atoms with Crippen molar-refractivity contribution in [3.63, 3.8) is 0 Å².